The zero-order valence-electron chi connectivity index (χ0n) is 10.7. The lowest BCUT2D eigenvalue weighted by atomic mass is 10.2. The van der Waals surface area contributed by atoms with Crippen LogP contribution in [-0.2, 0) is 13.8 Å². The van der Waals surface area contributed by atoms with Crippen molar-refractivity contribution in [3.63, 3.8) is 0 Å². The van der Waals surface area contributed by atoms with Gasteiger partial charge in [0.25, 0.3) is 0 Å². The lowest BCUT2D eigenvalue weighted by molar-refractivity contribution is -0.196. The fourth-order valence-corrected chi connectivity index (χ4v) is 1.66. The smallest absolute Gasteiger partial charge is 0.407 e. The monoisotopic (exact) mass is 281 g/mol. The molecule has 0 saturated carbocycles. The molecule has 0 aromatic heterocycles. The quantitative estimate of drug-likeness (QED) is 0.443. The minimum Gasteiger partial charge on any atom is -0.779 e. The van der Waals surface area contributed by atoms with Crippen molar-refractivity contribution in [3.8, 4) is 0 Å². The van der Waals surface area contributed by atoms with E-state index in [1.54, 1.807) is 0 Å². The summed E-state index contributed by atoms with van der Waals surface area (Å²) in [5, 5.41) is 2.59. The van der Waals surface area contributed by atoms with E-state index in [-0.39, 0.29) is 13.2 Å². The van der Waals surface area contributed by atoms with Gasteiger partial charge in [-0.15, -0.1) is 0 Å². The largest absolute Gasteiger partial charge is 0.779 e. The third kappa shape index (κ3) is 13.4. The number of unbranched alkanes of at least 4 members (excludes halogenated alkanes) is 3. The van der Waals surface area contributed by atoms with E-state index in [0.29, 0.717) is 19.5 Å². The van der Waals surface area contributed by atoms with Crippen LogP contribution in [0.4, 0.5) is 4.79 Å². The Kier molecular flexibility index (Phi) is 9.96. The fraction of sp³-hybridized carbons (Fsp3) is 0.900. The van der Waals surface area contributed by atoms with Crippen LogP contribution < -0.4 is 15.9 Å². The average Bonchev–Trinajstić information content (AvgIpc) is 2.28. The van der Waals surface area contributed by atoms with Crippen molar-refractivity contribution in [1.82, 2.24) is 5.32 Å². The SMILES string of the molecule is CP(=O)([O-])OCCCCCCNC(=O)OCCN. The van der Waals surface area contributed by atoms with Crippen molar-refractivity contribution in [2.45, 2.75) is 25.7 Å². The van der Waals surface area contributed by atoms with E-state index in [2.05, 4.69) is 9.84 Å². The number of hydrogen-bond acceptors (Lipinski definition) is 6. The molecule has 0 fully saturated rings. The second-order valence-electron chi connectivity index (χ2n) is 3.87. The number of alkyl carbamates (subject to hydrolysis) is 1. The lowest BCUT2D eigenvalue weighted by Crippen LogP contribution is -2.27. The van der Waals surface area contributed by atoms with Crippen LogP contribution in [0, 0.1) is 0 Å². The maximum Gasteiger partial charge on any atom is 0.407 e. The molecule has 0 bridgehead atoms. The van der Waals surface area contributed by atoms with E-state index in [9.17, 15) is 14.3 Å². The minimum atomic E-state index is -3.58. The highest BCUT2D eigenvalue weighted by Gasteiger charge is 2.00. The number of carbonyl (C=O) groups is 1. The molecule has 0 aliphatic rings. The molecule has 18 heavy (non-hydrogen) atoms. The summed E-state index contributed by atoms with van der Waals surface area (Å²) in [5.74, 6) is 0. The first-order chi connectivity index (χ1) is 8.45. The molecule has 0 aromatic rings. The predicted molar refractivity (Wildman–Crippen MR) is 66.4 cm³/mol. The van der Waals surface area contributed by atoms with Crippen LogP contribution in [0.25, 0.3) is 0 Å². The molecule has 0 heterocycles. The summed E-state index contributed by atoms with van der Waals surface area (Å²) in [6.45, 7) is 2.36. The van der Waals surface area contributed by atoms with Crippen LogP contribution in [0.2, 0.25) is 0 Å². The van der Waals surface area contributed by atoms with Crippen molar-refractivity contribution in [2.24, 2.45) is 5.73 Å². The van der Waals surface area contributed by atoms with E-state index < -0.39 is 13.7 Å². The Bertz CT molecular complexity index is 269. The molecule has 0 rings (SSSR count). The highest BCUT2D eigenvalue weighted by Crippen LogP contribution is 2.30. The second kappa shape index (κ2) is 10.3. The Morgan fingerprint density at radius 3 is 2.56 bits per heavy atom. The summed E-state index contributed by atoms with van der Waals surface area (Å²) in [6.07, 6.45) is 2.81. The van der Waals surface area contributed by atoms with Gasteiger partial charge in [0.2, 0.25) is 0 Å². The molecule has 1 amide bonds. The highest BCUT2D eigenvalue weighted by atomic mass is 31.2. The van der Waals surface area contributed by atoms with Crippen LogP contribution >= 0.6 is 7.60 Å². The summed E-state index contributed by atoms with van der Waals surface area (Å²) in [6, 6.07) is 0. The van der Waals surface area contributed by atoms with Crippen LogP contribution in [-0.4, -0.2) is 39.1 Å². The molecule has 0 aliphatic heterocycles. The molecule has 1 atom stereocenters. The lowest BCUT2D eigenvalue weighted by Gasteiger charge is -2.17. The number of ether oxygens (including phenoxy) is 1. The Morgan fingerprint density at radius 2 is 1.94 bits per heavy atom. The third-order valence-corrected chi connectivity index (χ3v) is 2.67. The van der Waals surface area contributed by atoms with Crippen LogP contribution in [0.5, 0.6) is 0 Å². The maximum atomic E-state index is 11.0. The summed E-state index contributed by atoms with van der Waals surface area (Å²) in [4.78, 5) is 21.6. The van der Waals surface area contributed by atoms with E-state index in [1.165, 1.54) is 0 Å². The van der Waals surface area contributed by atoms with Gasteiger partial charge in [-0.1, -0.05) is 12.8 Å². The van der Waals surface area contributed by atoms with Crippen molar-refractivity contribution >= 4 is 13.7 Å². The Labute approximate surface area is 108 Å². The molecule has 7 nitrogen and oxygen atoms in total. The molecule has 3 N–H and O–H groups in total. The van der Waals surface area contributed by atoms with Gasteiger partial charge >= 0.3 is 6.09 Å². The first-order valence-corrected chi connectivity index (χ1v) is 7.98. The molecule has 108 valence electrons. The fourth-order valence-electron chi connectivity index (χ4n) is 1.20. The average molecular weight is 281 g/mol. The molecule has 1 unspecified atom stereocenters. The van der Waals surface area contributed by atoms with Crippen LogP contribution in [0.15, 0.2) is 0 Å². The molecule has 8 heteroatoms. The van der Waals surface area contributed by atoms with Gasteiger partial charge in [-0.2, -0.15) is 0 Å². The van der Waals surface area contributed by atoms with Gasteiger partial charge in [0, 0.05) is 19.8 Å². The standard InChI is InChI=1S/C10H23N2O5P/c1-18(14,15)17-8-5-3-2-4-7-12-10(13)16-9-6-11/h2-9,11H2,1H3,(H,12,13)(H,14,15)/p-1. The first-order valence-electron chi connectivity index (χ1n) is 5.99. The number of rotatable bonds is 10. The van der Waals surface area contributed by atoms with Crippen molar-refractivity contribution in [1.29, 1.82) is 0 Å². The van der Waals surface area contributed by atoms with E-state index >= 15 is 0 Å². The summed E-state index contributed by atoms with van der Waals surface area (Å²) >= 11 is 0. The number of nitrogens with one attached hydrogen (secondary N) is 1. The summed E-state index contributed by atoms with van der Waals surface area (Å²) < 4.78 is 20.0. The first kappa shape index (κ1) is 17.4. The van der Waals surface area contributed by atoms with Crippen molar-refractivity contribution < 1.29 is 23.5 Å². The van der Waals surface area contributed by atoms with Crippen molar-refractivity contribution in [2.75, 3.05) is 33.0 Å². The Balaban J connectivity index is 3.21. The summed E-state index contributed by atoms with van der Waals surface area (Å²) in [5.41, 5.74) is 5.17. The molecule has 0 saturated heterocycles. The van der Waals surface area contributed by atoms with Gasteiger partial charge in [0.1, 0.15) is 14.2 Å². The normalized spacial score (nSPS) is 13.9. The summed E-state index contributed by atoms with van der Waals surface area (Å²) in [7, 11) is -3.58. The molecule has 0 aliphatic carbocycles. The zero-order chi connectivity index (χ0) is 13.9. The number of carbonyl (C=O) groups excluding carboxylic acids is 1. The second-order valence-corrected chi connectivity index (χ2v) is 5.67. The topological polar surface area (TPSA) is 114 Å². The number of hydrogen-bond donors (Lipinski definition) is 2. The molecular weight excluding hydrogens is 259 g/mol. The number of amides is 1. The van der Waals surface area contributed by atoms with Crippen LogP contribution in [0.1, 0.15) is 25.7 Å². The number of nitrogens with two attached hydrogens (primary N) is 1. The molecular formula is C10H22N2O5P-. The Hall–Kier alpha value is -0.620. The van der Waals surface area contributed by atoms with Gasteiger partial charge in [-0.05, 0) is 12.8 Å². The highest BCUT2D eigenvalue weighted by molar-refractivity contribution is 7.50. The Morgan fingerprint density at radius 1 is 1.28 bits per heavy atom. The molecule has 0 radical (unpaired) electrons. The van der Waals surface area contributed by atoms with E-state index in [0.717, 1.165) is 25.9 Å². The van der Waals surface area contributed by atoms with Gasteiger partial charge in [-0.3, -0.25) is 0 Å². The van der Waals surface area contributed by atoms with E-state index in [1.807, 2.05) is 0 Å². The van der Waals surface area contributed by atoms with Crippen LogP contribution in [0.3, 0.4) is 0 Å². The predicted octanol–water partition coefficient (Wildman–Crippen LogP) is 0.432. The van der Waals surface area contributed by atoms with Gasteiger partial charge in [0.15, 0.2) is 0 Å². The van der Waals surface area contributed by atoms with Crippen molar-refractivity contribution in [3.05, 3.63) is 0 Å². The van der Waals surface area contributed by atoms with Gasteiger partial charge in [0.05, 0.1) is 6.61 Å². The zero-order valence-corrected chi connectivity index (χ0v) is 11.6. The van der Waals surface area contributed by atoms with Gasteiger partial charge in [-0.25, -0.2) is 4.79 Å². The van der Waals surface area contributed by atoms with Gasteiger partial charge < -0.3 is 29.8 Å². The molecule has 0 spiro atoms. The third-order valence-electron chi connectivity index (χ3n) is 2.02. The van der Waals surface area contributed by atoms with E-state index in [4.69, 9.17) is 10.5 Å². The minimum absolute atomic E-state index is 0.218. The molecule has 0 aromatic carbocycles. The maximum absolute atomic E-state index is 11.0.